The first kappa shape index (κ1) is 19.1. The van der Waals surface area contributed by atoms with Crippen LogP contribution < -0.4 is 10.1 Å². The maximum absolute atomic E-state index is 14.7. The van der Waals surface area contributed by atoms with Crippen molar-refractivity contribution in [2.75, 3.05) is 13.7 Å². The van der Waals surface area contributed by atoms with Crippen LogP contribution in [0.1, 0.15) is 12.5 Å². The van der Waals surface area contributed by atoms with Gasteiger partial charge in [0, 0.05) is 36.8 Å². The van der Waals surface area contributed by atoms with Gasteiger partial charge in [-0.15, -0.1) is 0 Å². The first-order chi connectivity index (χ1) is 13.0. The number of pyridine rings is 1. The Morgan fingerprint density at radius 1 is 1.26 bits per heavy atom. The maximum Gasteiger partial charge on any atom is 0.269 e. The van der Waals surface area contributed by atoms with Gasteiger partial charge in [0.25, 0.3) is 10.0 Å². The number of hydrogen-bond acceptors (Lipinski definition) is 5. The average molecular weight is 389 g/mol. The third kappa shape index (κ3) is 3.86. The molecular weight excluding hydrogens is 369 g/mol. The number of hydrogen-bond donors (Lipinski definition) is 1. The van der Waals surface area contributed by atoms with E-state index in [-0.39, 0.29) is 16.2 Å². The van der Waals surface area contributed by atoms with Crippen LogP contribution in [-0.4, -0.2) is 31.0 Å². The summed E-state index contributed by atoms with van der Waals surface area (Å²) in [6, 6.07) is 9.05. The molecule has 6 nitrogen and oxygen atoms in total. The molecule has 0 atom stereocenters. The number of nitrogens with one attached hydrogen (secondary N) is 1. The fraction of sp³-hybridized carbons (Fsp3) is 0.211. The molecule has 0 aliphatic carbocycles. The van der Waals surface area contributed by atoms with Gasteiger partial charge in [0.15, 0.2) is 0 Å². The fourth-order valence-corrected chi connectivity index (χ4v) is 4.12. The Kier molecular flexibility index (Phi) is 5.57. The van der Waals surface area contributed by atoms with E-state index in [9.17, 15) is 12.8 Å². The van der Waals surface area contributed by atoms with Crippen molar-refractivity contribution in [1.29, 1.82) is 0 Å². The van der Waals surface area contributed by atoms with Crippen molar-refractivity contribution in [3.05, 3.63) is 66.4 Å². The predicted octanol–water partition coefficient (Wildman–Crippen LogP) is 3.04. The molecule has 0 unspecified atom stereocenters. The summed E-state index contributed by atoms with van der Waals surface area (Å²) in [4.78, 5) is 3.91. The Hall–Kier alpha value is -2.71. The summed E-state index contributed by atoms with van der Waals surface area (Å²) in [6.45, 7) is 2.67. The van der Waals surface area contributed by atoms with Crippen molar-refractivity contribution < 1.29 is 17.5 Å². The number of nitrogens with zero attached hydrogens (tertiary/aromatic N) is 2. The summed E-state index contributed by atoms with van der Waals surface area (Å²) in [5.74, 6) is -0.167. The summed E-state index contributed by atoms with van der Waals surface area (Å²) < 4.78 is 47.3. The van der Waals surface area contributed by atoms with E-state index in [0.29, 0.717) is 24.5 Å². The molecule has 2 aromatic heterocycles. The Bertz CT molecular complexity index is 1030. The van der Waals surface area contributed by atoms with Crippen molar-refractivity contribution >= 4 is 10.0 Å². The monoisotopic (exact) mass is 389 g/mol. The van der Waals surface area contributed by atoms with Crippen LogP contribution in [0.25, 0.3) is 11.3 Å². The standard InChI is InChI=1S/C19H20FN3O3S/c1-3-26-15-6-7-17(18(20)10-15)19-9-14(11-21-2)13-23(19)27(24,25)16-5-4-8-22-12-16/h4-10,12-13,21H,3,11H2,1-2H3. The average Bonchev–Trinajstić information content (AvgIpc) is 3.08. The van der Waals surface area contributed by atoms with Crippen LogP contribution in [0.4, 0.5) is 4.39 Å². The molecule has 0 radical (unpaired) electrons. The molecule has 27 heavy (non-hydrogen) atoms. The Labute approximate surface area is 157 Å². The summed E-state index contributed by atoms with van der Waals surface area (Å²) in [5, 5.41) is 2.97. The largest absolute Gasteiger partial charge is 0.494 e. The van der Waals surface area contributed by atoms with Gasteiger partial charge in [0.1, 0.15) is 16.5 Å². The van der Waals surface area contributed by atoms with Crippen molar-refractivity contribution in [2.45, 2.75) is 18.4 Å². The van der Waals surface area contributed by atoms with Gasteiger partial charge in [-0.1, -0.05) is 0 Å². The quantitative estimate of drug-likeness (QED) is 0.672. The fourth-order valence-electron chi connectivity index (χ4n) is 2.77. The molecule has 142 valence electrons. The van der Waals surface area contributed by atoms with Crippen LogP contribution in [0.5, 0.6) is 5.75 Å². The van der Waals surface area contributed by atoms with Crippen LogP contribution in [0, 0.1) is 5.82 Å². The van der Waals surface area contributed by atoms with Crippen molar-refractivity contribution in [1.82, 2.24) is 14.3 Å². The smallest absolute Gasteiger partial charge is 0.269 e. The number of aromatic nitrogens is 2. The maximum atomic E-state index is 14.7. The van der Waals surface area contributed by atoms with Crippen molar-refractivity contribution in [3.63, 3.8) is 0 Å². The third-order valence-electron chi connectivity index (χ3n) is 3.94. The lowest BCUT2D eigenvalue weighted by molar-refractivity contribution is 0.338. The molecule has 0 saturated carbocycles. The third-order valence-corrected chi connectivity index (χ3v) is 5.60. The second-order valence-corrected chi connectivity index (χ2v) is 7.64. The summed E-state index contributed by atoms with van der Waals surface area (Å²) in [7, 11) is -2.17. The van der Waals surface area contributed by atoms with Gasteiger partial charge in [-0.3, -0.25) is 4.98 Å². The van der Waals surface area contributed by atoms with Gasteiger partial charge < -0.3 is 10.1 Å². The molecule has 0 amide bonds. The molecular formula is C19H20FN3O3S. The zero-order valence-corrected chi connectivity index (χ0v) is 15.8. The minimum atomic E-state index is -3.92. The number of ether oxygens (including phenoxy) is 1. The Morgan fingerprint density at radius 2 is 2.07 bits per heavy atom. The van der Waals surface area contributed by atoms with Crippen LogP contribution in [0.2, 0.25) is 0 Å². The van der Waals surface area contributed by atoms with Crippen molar-refractivity contribution in [3.8, 4) is 17.0 Å². The van der Waals surface area contributed by atoms with Gasteiger partial charge in [0.05, 0.1) is 12.3 Å². The van der Waals surface area contributed by atoms with Gasteiger partial charge >= 0.3 is 0 Å². The molecule has 0 fully saturated rings. The first-order valence-corrected chi connectivity index (χ1v) is 9.85. The van der Waals surface area contributed by atoms with E-state index < -0.39 is 15.8 Å². The van der Waals surface area contributed by atoms with E-state index in [1.807, 2.05) is 6.92 Å². The second kappa shape index (κ2) is 7.89. The highest BCUT2D eigenvalue weighted by molar-refractivity contribution is 7.90. The second-order valence-electron chi connectivity index (χ2n) is 5.83. The van der Waals surface area contributed by atoms with E-state index in [2.05, 4.69) is 10.3 Å². The van der Waals surface area contributed by atoms with Gasteiger partial charge in [-0.05, 0) is 49.9 Å². The van der Waals surface area contributed by atoms with E-state index >= 15 is 0 Å². The van der Waals surface area contributed by atoms with E-state index in [1.54, 1.807) is 25.2 Å². The zero-order valence-electron chi connectivity index (χ0n) is 15.0. The summed E-state index contributed by atoms with van der Waals surface area (Å²) in [6.07, 6.45) is 4.25. The van der Waals surface area contributed by atoms with Crippen LogP contribution in [-0.2, 0) is 16.6 Å². The lowest BCUT2D eigenvalue weighted by atomic mass is 10.1. The van der Waals surface area contributed by atoms with Crippen LogP contribution >= 0.6 is 0 Å². The van der Waals surface area contributed by atoms with Gasteiger partial charge in [0.2, 0.25) is 0 Å². The highest BCUT2D eigenvalue weighted by Crippen LogP contribution is 2.31. The summed E-state index contributed by atoms with van der Waals surface area (Å²) in [5.41, 5.74) is 1.13. The lowest BCUT2D eigenvalue weighted by Gasteiger charge is -2.12. The molecule has 3 rings (SSSR count). The molecule has 0 aliphatic heterocycles. The first-order valence-electron chi connectivity index (χ1n) is 8.41. The van der Waals surface area contributed by atoms with Gasteiger partial charge in [-0.25, -0.2) is 16.8 Å². The van der Waals surface area contributed by atoms with Crippen LogP contribution in [0.15, 0.2) is 59.9 Å². The Balaban J connectivity index is 2.16. The normalized spacial score (nSPS) is 11.5. The minimum absolute atomic E-state index is 0.0317. The molecule has 0 bridgehead atoms. The Morgan fingerprint density at radius 3 is 2.70 bits per heavy atom. The SMILES string of the molecule is CCOc1ccc(-c2cc(CNC)cn2S(=O)(=O)c2cccnc2)c(F)c1. The van der Waals surface area contributed by atoms with Crippen LogP contribution in [0.3, 0.4) is 0 Å². The van der Waals surface area contributed by atoms with Gasteiger partial charge in [-0.2, -0.15) is 0 Å². The predicted molar refractivity (Wildman–Crippen MR) is 101 cm³/mol. The number of rotatable bonds is 7. The molecule has 2 heterocycles. The summed E-state index contributed by atoms with van der Waals surface area (Å²) >= 11 is 0. The van der Waals surface area contributed by atoms with Crippen molar-refractivity contribution in [2.24, 2.45) is 0 Å². The molecule has 1 N–H and O–H groups in total. The molecule has 0 saturated heterocycles. The number of halogens is 1. The molecule has 1 aromatic carbocycles. The topological polar surface area (TPSA) is 73.2 Å². The molecule has 0 aliphatic rings. The highest BCUT2D eigenvalue weighted by atomic mass is 32.2. The minimum Gasteiger partial charge on any atom is -0.494 e. The lowest BCUT2D eigenvalue weighted by Crippen LogP contribution is -2.14. The van der Waals surface area contributed by atoms with E-state index in [4.69, 9.17) is 4.74 Å². The molecule has 3 aromatic rings. The van der Waals surface area contributed by atoms with E-state index in [0.717, 1.165) is 3.97 Å². The highest BCUT2D eigenvalue weighted by Gasteiger charge is 2.23. The zero-order chi connectivity index (χ0) is 19.4. The number of benzene rings is 1. The molecule has 8 heteroatoms. The molecule has 0 spiro atoms. The van der Waals surface area contributed by atoms with E-state index in [1.165, 1.54) is 36.8 Å².